The van der Waals surface area contributed by atoms with Crippen LogP contribution < -0.4 is 5.19 Å². The van der Waals surface area contributed by atoms with Crippen molar-refractivity contribution in [2.75, 3.05) is 0 Å². The van der Waals surface area contributed by atoms with Crippen molar-refractivity contribution >= 4 is 45.6 Å². The molecule has 0 fully saturated rings. The van der Waals surface area contributed by atoms with E-state index in [9.17, 15) is 5.11 Å². The maximum absolute atomic E-state index is 9.95. The molecule has 0 atom stereocenters. The largest absolute Gasteiger partial charge is 0.392 e. The summed E-state index contributed by atoms with van der Waals surface area (Å²) in [6, 6.07) is 21.8. The first kappa shape index (κ1) is 15.4. The molecule has 2 heteroatoms. The van der Waals surface area contributed by atoms with E-state index in [1.165, 1.54) is 37.5 Å². The van der Waals surface area contributed by atoms with Crippen molar-refractivity contribution in [3.05, 3.63) is 66.2 Å². The number of aliphatic hydroxyl groups excluding tert-OH is 1. The number of fused-ring (bicyclic) bond motifs is 6. The predicted octanol–water partition coefficient (Wildman–Crippen LogP) is 5.18. The fourth-order valence-electron chi connectivity index (χ4n) is 3.82. The highest BCUT2D eigenvalue weighted by Crippen LogP contribution is 2.35. The smallest absolute Gasteiger partial charge is 0.0781 e. The molecule has 0 radical (unpaired) electrons. The number of hydrogen-bond donors (Lipinski definition) is 1. The third-order valence-corrected chi connectivity index (χ3v) is 7.03. The van der Waals surface area contributed by atoms with Crippen LogP contribution in [0.15, 0.2) is 60.7 Å². The van der Waals surface area contributed by atoms with Crippen molar-refractivity contribution < 1.29 is 5.11 Å². The van der Waals surface area contributed by atoms with Gasteiger partial charge in [0, 0.05) is 0 Å². The third-order valence-electron chi connectivity index (χ3n) is 4.95. The van der Waals surface area contributed by atoms with Crippen LogP contribution in [0.3, 0.4) is 0 Å². The fraction of sp³-hybridized carbons (Fsp3) is 0.182. The summed E-state index contributed by atoms with van der Waals surface area (Å²) in [7, 11) is -1.53. The van der Waals surface area contributed by atoms with Gasteiger partial charge in [0.25, 0.3) is 0 Å². The van der Waals surface area contributed by atoms with Gasteiger partial charge in [-0.2, -0.15) is 0 Å². The Morgan fingerprint density at radius 3 is 1.50 bits per heavy atom. The summed E-state index contributed by atoms with van der Waals surface area (Å²) < 4.78 is 0. The Bertz CT molecular complexity index is 1070. The van der Waals surface area contributed by atoms with Gasteiger partial charge in [0.1, 0.15) is 0 Å². The average molecular weight is 331 g/mol. The lowest BCUT2D eigenvalue weighted by atomic mass is 9.93. The Hall–Kier alpha value is -2.16. The Balaban J connectivity index is 2.29. The molecule has 0 unspecified atom stereocenters. The summed E-state index contributed by atoms with van der Waals surface area (Å²) in [5.74, 6) is 0. The summed E-state index contributed by atoms with van der Waals surface area (Å²) in [5, 5.41) is 19.0. The van der Waals surface area contributed by atoms with E-state index in [2.05, 4.69) is 80.3 Å². The fourth-order valence-corrected chi connectivity index (χ4v) is 5.52. The van der Waals surface area contributed by atoms with Gasteiger partial charge in [-0.25, -0.2) is 0 Å². The Kier molecular flexibility index (Phi) is 3.48. The van der Waals surface area contributed by atoms with Gasteiger partial charge >= 0.3 is 0 Å². The average Bonchev–Trinajstić information content (AvgIpc) is 2.60. The summed E-state index contributed by atoms with van der Waals surface area (Å²) >= 11 is 0. The molecule has 0 heterocycles. The first-order chi connectivity index (χ1) is 11.5. The zero-order valence-corrected chi connectivity index (χ0v) is 15.4. The second-order valence-electron chi connectivity index (χ2n) is 7.55. The van der Waals surface area contributed by atoms with Crippen LogP contribution in [0.5, 0.6) is 0 Å². The van der Waals surface area contributed by atoms with Gasteiger partial charge in [-0.05, 0) is 43.9 Å². The van der Waals surface area contributed by atoms with Crippen molar-refractivity contribution in [2.45, 2.75) is 26.2 Å². The molecule has 0 aliphatic rings. The monoisotopic (exact) mass is 330 g/mol. The molecular weight excluding hydrogens is 308 g/mol. The lowest BCUT2D eigenvalue weighted by Gasteiger charge is -2.22. The van der Waals surface area contributed by atoms with E-state index in [0.29, 0.717) is 0 Å². The van der Waals surface area contributed by atoms with Crippen molar-refractivity contribution in [2.24, 2.45) is 0 Å². The lowest BCUT2D eigenvalue weighted by molar-refractivity contribution is 0.283. The Morgan fingerprint density at radius 2 is 1.08 bits per heavy atom. The molecule has 0 aromatic heterocycles. The highest BCUT2D eigenvalue weighted by molar-refractivity contribution is 6.89. The first-order valence-electron chi connectivity index (χ1n) is 8.48. The molecule has 0 amide bonds. The van der Waals surface area contributed by atoms with Crippen LogP contribution in [0.2, 0.25) is 19.6 Å². The molecule has 0 aliphatic carbocycles. The molecule has 4 rings (SSSR count). The lowest BCUT2D eigenvalue weighted by Crippen LogP contribution is -2.40. The summed E-state index contributed by atoms with van der Waals surface area (Å²) in [4.78, 5) is 0. The van der Waals surface area contributed by atoms with Crippen molar-refractivity contribution in [1.82, 2.24) is 0 Å². The van der Waals surface area contributed by atoms with E-state index < -0.39 is 8.07 Å². The van der Waals surface area contributed by atoms with Gasteiger partial charge < -0.3 is 5.11 Å². The van der Waals surface area contributed by atoms with E-state index in [1.54, 1.807) is 0 Å². The van der Waals surface area contributed by atoms with Gasteiger partial charge in [-0.1, -0.05) is 79.4 Å². The van der Waals surface area contributed by atoms with Crippen LogP contribution in [-0.2, 0) is 6.61 Å². The second kappa shape index (κ2) is 5.44. The zero-order valence-electron chi connectivity index (χ0n) is 14.4. The number of benzene rings is 4. The van der Waals surface area contributed by atoms with Crippen molar-refractivity contribution in [1.29, 1.82) is 0 Å². The third kappa shape index (κ3) is 2.26. The van der Waals surface area contributed by atoms with Crippen LogP contribution in [0.4, 0.5) is 0 Å². The summed E-state index contributed by atoms with van der Waals surface area (Å²) in [5.41, 5.74) is 1.09. The zero-order chi connectivity index (χ0) is 16.9. The van der Waals surface area contributed by atoms with Crippen LogP contribution in [0, 0.1) is 0 Å². The number of aliphatic hydroxyl groups is 1. The molecule has 120 valence electrons. The molecule has 24 heavy (non-hydrogen) atoms. The van der Waals surface area contributed by atoms with E-state index in [0.717, 1.165) is 5.56 Å². The number of hydrogen-bond acceptors (Lipinski definition) is 1. The van der Waals surface area contributed by atoms with Gasteiger partial charge in [0.05, 0.1) is 14.7 Å². The minimum absolute atomic E-state index is 0.108. The van der Waals surface area contributed by atoms with Crippen molar-refractivity contribution in [3.8, 4) is 0 Å². The van der Waals surface area contributed by atoms with Crippen LogP contribution >= 0.6 is 0 Å². The van der Waals surface area contributed by atoms with E-state index in [4.69, 9.17) is 0 Å². The SMILES string of the molecule is C[Si](C)(C)c1cc2c3ccccc3c3ccccc3c2cc1CO. The summed E-state index contributed by atoms with van der Waals surface area (Å²) in [6.45, 7) is 7.14. The van der Waals surface area contributed by atoms with Crippen LogP contribution in [0.1, 0.15) is 5.56 Å². The highest BCUT2D eigenvalue weighted by Gasteiger charge is 2.21. The van der Waals surface area contributed by atoms with Crippen molar-refractivity contribution in [3.63, 3.8) is 0 Å². The molecule has 1 nitrogen and oxygen atoms in total. The van der Waals surface area contributed by atoms with Gasteiger partial charge in [0.2, 0.25) is 0 Å². The molecule has 4 aromatic carbocycles. The molecule has 0 saturated carbocycles. The standard InChI is InChI=1S/C22H22OSi/c1-24(2,3)22-13-21-19-11-7-5-9-17(19)16-8-4-6-10-18(16)20(21)12-15(22)14-23/h4-13,23H,14H2,1-3H3. The second-order valence-corrected chi connectivity index (χ2v) is 12.6. The van der Waals surface area contributed by atoms with Crippen LogP contribution in [-0.4, -0.2) is 13.2 Å². The van der Waals surface area contributed by atoms with E-state index in [1.807, 2.05) is 0 Å². The molecule has 0 bridgehead atoms. The van der Waals surface area contributed by atoms with Gasteiger partial charge in [-0.3, -0.25) is 0 Å². The summed E-state index contributed by atoms with van der Waals surface area (Å²) in [6.07, 6.45) is 0. The number of rotatable bonds is 2. The molecule has 4 aromatic rings. The predicted molar refractivity (Wildman–Crippen MR) is 108 cm³/mol. The minimum Gasteiger partial charge on any atom is -0.392 e. The van der Waals surface area contributed by atoms with E-state index in [-0.39, 0.29) is 6.61 Å². The normalized spacial score (nSPS) is 12.3. The highest BCUT2D eigenvalue weighted by atomic mass is 28.3. The maximum Gasteiger partial charge on any atom is 0.0781 e. The molecule has 0 saturated heterocycles. The van der Waals surface area contributed by atoms with Gasteiger partial charge in [0.15, 0.2) is 0 Å². The molecule has 0 spiro atoms. The Labute approximate surface area is 143 Å². The van der Waals surface area contributed by atoms with E-state index >= 15 is 0 Å². The molecular formula is C22H22OSi. The minimum atomic E-state index is -1.53. The molecule has 1 N–H and O–H groups in total. The maximum atomic E-state index is 9.95. The van der Waals surface area contributed by atoms with Crippen LogP contribution in [0.25, 0.3) is 32.3 Å². The topological polar surface area (TPSA) is 20.2 Å². The quantitative estimate of drug-likeness (QED) is 0.396. The Morgan fingerprint density at radius 1 is 0.667 bits per heavy atom. The molecule has 0 aliphatic heterocycles. The first-order valence-corrected chi connectivity index (χ1v) is 12.0. The van der Waals surface area contributed by atoms with Gasteiger partial charge in [-0.15, -0.1) is 0 Å².